The van der Waals surface area contributed by atoms with Gasteiger partial charge in [0, 0.05) is 11.8 Å². The Balaban J connectivity index is 1.70. The molecule has 2 aromatic heterocycles. The van der Waals surface area contributed by atoms with Crippen LogP contribution in [0.1, 0.15) is 18.2 Å². The van der Waals surface area contributed by atoms with Crippen LogP contribution in [0, 0.1) is 12.7 Å². The SMILES string of the molecule is COc1ccc(Oc2c(C)n(Cc3cc(O[C@H](C)C(=O)O)ccc3F)c3ncccc23)cc1. The van der Waals surface area contributed by atoms with Crippen molar-refractivity contribution < 1.29 is 28.5 Å². The quantitative estimate of drug-likeness (QED) is 0.398. The summed E-state index contributed by atoms with van der Waals surface area (Å²) in [4.78, 5) is 15.6. The van der Waals surface area contributed by atoms with E-state index in [9.17, 15) is 9.18 Å². The summed E-state index contributed by atoms with van der Waals surface area (Å²) in [6.07, 6.45) is 0.614. The lowest BCUT2D eigenvalue weighted by atomic mass is 10.2. The van der Waals surface area contributed by atoms with Crippen molar-refractivity contribution in [3.05, 3.63) is 77.9 Å². The molecule has 0 saturated heterocycles. The third kappa shape index (κ3) is 4.59. The van der Waals surface area contributed by atoms with Gasteiger partial charge < -0.3 is 23.9 Å². The second-order valence-corrected chi connectivity index (χ2v) is 7.50. The van der Waals surface area contributed by atoms with Crippen molar-refractivity contribution in [1.82, 2.24) is 9.55 Å². The van der Waals surface area contributed by atoms with Crippen molar-refractivity contribution in [2.24, 2.45) is 0 Å². The van der Waals surface area contributed by atoms with Crippen LogP contribution >= 0.6 is 0 Å². The molecule has 0 aliphatic rings. The Morgan fingerprint density at radius 1 is 1.12 bits per heavy atom. The number of carboxylic acid groups (broad SMARTS) is 1. The first kappa shape index (κ1) is 22.1. The fourth-order valence-corrected chi connectivity index (χ4v) is 3.52. The monoisotopic (exact) mass is 450 g/mol. The lowest BCUT2D eigenvalue weighted by molar-refractivity contribution is -0.144. The van der Waals surface area contributed by atoms with Gasteiger partial charge in [0.15, 0.2) is 11.9 Å². The molecule has 1 atom stereocenters. The van der Waals surface area contributed by atoms with Gasteiger partial charge in [-0.1, -0.05) is 0 Å². The number of nitrogens with zero attached hydrogens (tertiary/aromatic N) is 2. The van der Waals surface area contributed by atoms with E-state index in [1.165, 1.54) is 25.1 Å². The molecule has 1 N–H and O–H groups in total. The largest absolute Gasteiger partial charge is 0.497 e. The minimum Gasteiger partial charge on any atom is -0.497 e. The number of aromatic nitrogens is 2. The zero-order valence-corrected chi connectivity index (χ0v) is 18.4. The zero-order valence-electron chi connectivity index (χ0n) is 18.4. The van der Waals surface area contributed by atoms with Gasteiger partial charge in [0.2, 0.25) is 0 Å². The van der Waals surface area contributed by atoms with Crippen LogP contribution in [0.3, 0.4) is 0 Å². The second kappa shape index (κ2) is 9.20. The number of rotatable bonds is 8. The standard InChI is InChI=1S/C25H23FN2O5/c1-15-23(33-19-8-6-18(31-3)7-9-19)21-5-4-12-27-24(21)28(15)14-17-13-20(10-11-22(17)26)32-16(2)25(29)30/h4-13,16H,14H2,1-3H3,(H,29,30)/t16-/m1/s1. The second-order valence-electron chi connectivity index (χ2n) is 7.50. The number of carboxylic acids is 1. The van der Waals surface area contributed by atoms with Crippen molar-refractivity contribution in [2.45, 2.75) is 26.5 Å². The van der Waals surface area contributed by atoms with Gasteiger partial charge in [-0.2, -0.15) is 0 Å². The van der Waals surface area contributed by atoms with Crippen LogP contribution in [-0.4, -0.2) is 33.8 Å². The molecular formula is C25H23FN2O5. The van der Waals surface area contributed by atoms with Crippen molar-refractivity contribution in [1.29, 1.82) is 0 Å². The number of pyridine rings is 1. The molecule has 0 fully saturated rings. The van der Waals surface area contributed by atoms with Crippen LogP contribution in [0.15, 0.2) is 60.8 Å². The molecule has 4 aromatic rings. The van der Waals surface area contributed by atoms with Crippen molar-refractivity contribution >= 4 is 17.0 Å². The van der Waals surface area contributed by atoms with Crippen LogP contribution < -0.4 is 14.2 Å². The van der Waals surface area contributed by atoms with Gasteiger partial charge in [-0.3, -0.25) is 0 Å². The predicted molar refractivity (Wildman–Crippen MR) is 121 cm³/mol. The number of halogens is 1. The van der Waals surface area contributed by atoms with E-state index in [0.29, 0.717) is 22.7 Å². The number of methoxy groups -OCH3 is 1. The van der Waals surface area contributed by atoms with Gasteiger partial charge in [-0.25, -0.2) is 14.2 Å². The molecule has 0 aliphatic heterocycles. The molecule has 0 bridgehead atoms. The molecule has 0 amide bonds. The summed E-state index contributed by atoms with van der Waals surface area (Å²) in [6.45, 7) is 3.46. The highest BCUT2D eigenvalue weighted by Crippen LogP contribution is 2.36. The van der Waals surface area contributed by atoms with E-state index in [0.717, 1.165) is 16.8 Å². The maximum absolute atomic E-state index is 14.7. The fourth-order valence-electron chi connectivity index (χ4n) is 3.52. The number of aliphatic carboxylic acids is 1. The molecule has 8 heteroatoms. The first-order valence-corrected chi connectivity index (χ1v) is 10.3. The highest BCUT2D eigenvalue weighted by Gasteiger charge is 2.19. The third-order valence-electron chi connectivity index (χ3n) is 5.31. The smallest absolute Gasteiger partial charge is 0.344 e. The van der Waals surface area contributed by atoms with Gasteiger partial charge >= 0.3 is 5.97 Å². The van der Waals surface area contributed by atoms with Gasteiger partial charge in [-0.05, 0) is 68.4 Å². The summed E-state index contributed by atoms with van der Waals surface area (Å²) < 4.78 is 33.3. The molecule has 2 heterocycles. The number of ether oxygens (including phenoxy) is 3. The highest BCUT2D eigenvalue weighted by molar-refractivity contribution is 5.86. The Morgan fingerprint density at radius 2 is 1.82 bits per heavy atom. The molecule has 33 heavy (non-hydrogen) atoms. The lowest BCUT2D eigenvalue weighted by Crippen LogP contribution is -2.23. The number of benzene rings is 2. The fraction of sp³-hybridized carbons (Fsp3) is 0.200. The highest BCUT2D eigenvalue weighted by atomic mass is 19.1. The summed E-state index contributed by atoms with van der Waals surface area (Å²) >= 11 is 0. The first-order chi connectivity index (χ1) is 15.9. The zero-order chi connectivity index (χ0) is 23.5. The summed E-state index contributed by atoms with van der Waals surface area (Å²) in [5, 5.41) is 9.87. The summed E-state index contributed by atoms with van der Waals surface area (Å²) in [5.74, 6) is 0.718. The van der Waals surface area contributed by atoms with E-state index >= 15 is 0 Å². The molecule has 170 valence electrons. The third-order valence-corrected chi connectivity index (χ3v) is 5.31. The predicted octanol–water partition coefficient (Wildman–Crippen LogP) is 5.18. The molecule has 0 radical (unpaired) electrons. The minimum atomic E-state index is -1.10. The number of hydrogen-bond acceptors (Lipinski definition) is 5. The Kier molecular flexibility index (Phi) is 6.17. The van der Waals surface area contributed by atoms with Crippen molar-refractivity contribution in [3.63, 3.8) is 0 Å². The molecule has 0 aliphatic carbocycles. The van der Waals surface area contributed by atoms with Crippen LogP contribution in [-0.2, 0) is 11.3 Å². The van der Waals surface area contributed by atoms with E-state index in [4.69, 9.17) is 19.3 Å². The minimum absolute atomic E-state index is 0.163. The van der Waals surface area contributed by atoms with E-state index < -0.39 is 17.9 Å². The summed E-state index contributed by atoms with van der Waals surface area (Å²) in [5.41, 5.74) is 1.75. The van der Waals surface area contributed by atoms with Crippen LogP contribution in [0.2, 0.25) is 0 Å². The van der Waals surface area contributed by atoms with E-state index in [1.54, 1.807) is 25.4 Å². The topological polar surface area (TPSA) is 82.8 Å². The molecule has 0 saturated carbocycles. The molecule has 7 nitrogen and oxygen atoms in total. The Hall–Kier alpha value is -4.07. The average Bonchev–Trinajstić information content (AvgIpc) is 3.07. The first-order valence-electron chi connectivity index (χ1n) is 10.3. The molecule has 0 spiro atoms. The van der Waals surface area contributed by atoms with Crippen LogP contribution in [0.4, 0.5) is 4.39 Å². The molecule has 0 unspecified atom stereocenters. The van der Waals surface area contributed by atoms with Gasteiger partial charge in [0.25, 0.3) is 0 Å². The van der Waals surface area contributed by atoms with E-state index in [-0.39, 0.29) is 12.3 Å². The average molecular weight is 450 g/mol. The van der Waals surface area contributed by atoms with Crippen LogP contribution in [0.25, 0.3) is 11.0 Å². The molecule has 4 rings (SSSR count). The number of fused-ring (bicyclic) bond motifs is 1. The Morgan fingerprint density at radius 3 is 2.52 bits per heavy atom. The molecular weight excluding hydrogens is 427 g/mol. The summed E-state index contributed by atoms with van der Waals surface area (Å²) in [7, 11) is 1.60. The molecule has 2 aromatic carbocycles. The van der Waals surface area contributed by atoms with E-state index in [1.807, 2.05) is 35.8 Å². The Bertz CT molecular complexity index is 1300. The maximum atomic E-state index is 14.7. The number of carbonyl (C=O) groups is 1. The van der Waals surface area contributed by atoms with Gasteiger partial charge in [0.05, 0.1) is 24.7 Å². The van der Waals surface area contributed by atoms with Crippen LogP contribution in [0.5, 0.6) is 23.0 Å². The van der Waals surface area contributed by atoms with Gasteiger partial charge in [-0.15, -0.1) is 0 Å². The Labute approximate surface area is 190 Å². The van der Waals surface area contributed by atoms with E-state index in [2.05, 4.69) is 4.98 Å². The summed E-state index contributed by atoms with van der Waals surface area (Å²) in [6, 6.07) is 15.1. The van der Waals surface area contributed by atoms with Crippen molar-refractivity contribution in [3.8, 4) is 23.0 Å². The van der Waals surface area contributed by atoms with Crippen molar-refractivity contribution in [2.75, 3.05) is 7.11 Å². The maximum Gasteiger partial charge on any atom is 0.344 e. The number of hydrogen-bond donors (Lipinski definition) is 1. The normalized spacial score (nSPS) is 11.9. The lowest BCUT2D eigenvalue weighted by Gasteiger charge is -2.14. The van der Waals surface area contributed by atoms with Gasteiger partial charge in [0.1, 0.15) is 28.7 Å².